The van der Waals surface area contributed by atoms with Gasteiger partial charge in [0.15, 0.2) is 6.61 Å². The summed E-state index contributed by atoms with van der Waals surface area (Å²) in [5.41, 5.74) is 0.431. The van der Waals surface area contributed by atoms with Crippen LogP contribution in [-0.2, 0) is 38.7 Å². The van der Waals surface area contributed by atoms with Crippen LogP contribution in [0.4, 0.5) is 5.69 Å². The summed E-state index contributed by atoms with van der Waals surface area (Å²) >= 11 is 0. The standard InChI is InChI=1S/C20H27N3O8S/c1-3-30-20(27)15-8-10-23(11-9-15)18(25)13-31-19(26)12-21-32(28,29)17-6-4-16(5-7-17)22-14(2)24/h4-7,15,21H,3,8-13H2,1-2H3,(H,22,24). The summed E-state index contributed by atoms with van der Waals surface area (Å²) in [4.78, 5) is 48.2. The Hall–Kier alpha value is -2.99. The summed E-state index contributed by atoms with van der Waals surface area (Å²) in [6, 6.07) is 5.39. The van der Waals surface area contributed by atoms with Gasteiger partial charge in [0.2, 0.25) is 15.9 Å². The highest BCUT2D eigenvalue weighted by Gasteiger charge is 2.28. The highest BCUT2D eigenvalue weighted by atomic mass is 32.2. The zero-order valence-corrected chi connectivity index (χ0v) is 18.8. The van der Waals surface area contributed by atoms with Gasteiger partial charge in [-0.2, -0.15) is 4.72 Å². The molecule has 0 bridgehead atoms. The van der Waals surface area contributed by atoms with Gasteiger partial charge in [-0.1, -0.05) is 0 Å². The van der Waals surface area contributed by atoms with Crippen LogP contribution >= 0.6 is 0 Å². The summed E-state index contributed by atoms with van der Waals surface area (Å²) in [6.45, 7) is 2.90. The molecule has 1 fully saturated rings. The Balaban J connectivity index is 1.75. The molecule has 0 aliphatic carbocycles. The van der Waals surface area contributed by atoms with Crippen molar-refractivity contribution in [3.8, 4) is 0 Å². The average Bonchev–Trinajstić information content (AvgIpc) is 2.76. The summed E-state index contributed by atoms with van der Waals surface area (Å²) in [6.07, 6.45) is 0.943. The first kappa shape index (κ1) is 25.3. The van der Waals surface area contributed by atoms with Crippen LogP contribution in [0, 0.1) is 5.92 Å². The summed E-state index contributed by atoms with van der Waals surface area (Å²) < 4.78 is 36.5. The molecule has 2 rings (SSSR count). The fourth-order valence-corrected chi connectivity index (χ4v) is 4.04. The zero-order chi connectivity index (χ0) is 23.7. The molecule has 11 nitrogen and oxygen atoms in total. The molecule has 1 aliphatic heterocycles. The highest BCUT2D eigenvalue weighted by molar-refractivity contribution is 7.89. The third-order valence-electron chi connectivity index (χ3n) is 4.72. The lowest BCUT2D eigenvalue weighted by Gasteiger charge is -2.30. The molecular weight excluding hydrogens is 442 g/mol. The molecule has 0 unspecified atom stereocenters. The number of anilines is 1. The van der Waals surface area contributed by atoms with E-state index in [4.69, 9.17) is 9.47 Å². The number of sulfonamides is 1. The first-order valence-corrected chi connectivity index (χ1v) is 11.6. The van der Waals surface area contributed by atoms with Crippen molar-refractivity contribution < 1.29 is 37.1 Å². The number of hydrogen-bond donors (Lipinski definition) is 2. The first-order chi connectivity index (χ1) is 15.1. The monoisotopic (exact) mass is 469 g/mol. The number of piperidine rings is 1. The van der Waals surface area contributed by atoms with E-state index in [9.17, 15) is 27.6 Å². The predicted octanol–water partition coefficient (Wildman–Crippen LogP) is 0.268. The number of benzene rings is 1. The Morgan fingerprint density at radius 2 is 1.69 bits per heavy atom. The number of nitrogens with zero attached hydrogens (tertiary/aromatic N) is 1. The van der Waals surface area contributed by atoms with E-state index in [1.54, 1.807) is 6.92 Å². The van der Waals surface area contributed by atoms with Crippen LogP contribution < -0.4 is 10.0 Å². The second kappa shape index (κ2) is 11.6. The third-order valence-corrected chi connectivity index (χ3v) is 6.13. The van der Waals surface area contributed by atoms with Gasteiger partial charge in [-0.05, 0) is 44.0 Å². The van der Waals surface area contributed by atoms with Crippen LogP contribution in [0.2, 0.25) is 0 Å². The van der Waals surface area contributed by atoms with Crippen LogP contribution in [0.1, 0.15) is 26.7 Å². The van der Waals surface area contributed by atoms with Crippen molar-refractivity contribution in [1.29, 1.82) is 0 Å². The minimum absolute atomic E-state index is 0.0973. The molecule has 0 radical (unpaired) electrons. The number of esters is 2. The van der Waals surface area contributed by atoms with E-state index in [0.29, 0.717) is 38.2 Å². The SMILES string of the molecule is CCOC(=O)C1CCN(C(=O)COC(=O)CNS(=O)(=O)c2ccc(NC(C)=O)cc2)CC1. The van der Waals surface area contributed by atoms with Crippen molar-refractivity contribution in [2.45, 2.75) is 31.6 Å². The molecule has 2 N–H and O–H groups in total. The van der Waals surface area contributed by atoms with Crippen LogP contribution in [0.3, 0.4) is 0 Å². The Morgan fingerprint density at radius 1 is 1.06 bits per heavy atom. The number of carbonyl (C=O) groups excluding carboxylic acids is 4. The van der Waals surface area contributed by atoms with E-state index in [-0.39, 0.29) is 22.7 Å². The molecule has 0 atom stereocenters. The van der Waals surface area contributed by atoms with Crippen LogP contribution in [0.15, 0.2) is 29.2 Å². The van der Waals surface area contributed by atoms with Gasteiger partial charge in [0.05, 0.1) is 17.4 Å². The van der Waals surface area contributed by atoms with Gasteiger partial charge in [-0.3, -0.25) is 19.2 Å². The topological polar surface area (TPSA) is 148 Å². The molecule has 0 spiro atoms. The normalized spacial score (nSPS) is 14.5. The van der Waals surface area contributed by atoms with Crippen LogP contribution in [0.5, 0.6) is 0 Å². The van der Waals surface area contributed by atoms with Gasteiger partial charge in [-0.25, -0.2) is 8.42 Å². The Labute approximate surface area is 186 Å². The molecule has 1 heterocycles. The molecule has 2 amide bonds. The fourth-order valence-electron chi connectivity index (χ4n) is 3.07. The van der Waals surface area contributed by atoms with Crippen molar-refractivity contribution >= 4 is 39.5 Å². The lowest BCUT2D eigenvalue weighted by atomic mass is 9.97. The Kier molecular flexibility index (Phi) is 9.14. The minimum atomic E-state index is -3.98. The second-order valence-corrected chi connectivity index (χ2v) is 8.86. The Morgan fingerprint density at radius 3 is 2.25 bits per heavy atom. The summed E-state index contributed by atoms with van der Waals surface area (Å²) in [5, 5.41) is 2.51. The maximum atomic E-state index is 12.3. The Bertz CT molecular complexity index is 938. The molecule has 1 aromatic carbocycles. The van der Waals surface area contributed by atoms with E-state index in [0.717, 1.165) is 0 Å². The minimum Gasteiger partial charge on any atom is -0.466 e. The van der Waals surface area contributed by atoms with Gasteiger partial charge in [0.25, 0.3) is 5.91 Å². The lowest BCUT2D eigenvalue weighted by molar-refractivity contribution is -0.154. The summed E-state index contributed by atoms with van der Waals surface area (Å²) in [5.74, 6) is -2.14. The fraction of sp³-hybridized carbons (Fsp3) is 0.500. The van der Waals surface area contributed by atoms with Gasteiger partial charge in [-0.15, -0.1) is 0 Å². The van der Waals surface area contributed by atoms with Crippen molar-refractivity contribution in [2.75, 3.05) is 38.2 Å². The van der Waals surface area contributed by atoms with E-state index in [2.05, 4.69) is 10.0 Å². The predicted molar refractivity (Wildman–Crippen MR) is 113 cm³/mol. The molecular formula is C20H27N3O8S. The molecule has 1 aliphatic rings. The summed E-state index contributed by atoms with van der Waals surface area (Å²) in [7, 11) is -3.98. The number of amides is 2. The van der Waals surface area contributed by atoms with Crippen molar-refractivity contribution in [3.63, 3.8) is 0 Å². The molecule has 0 saturated carbocycles. The van der Waals surface area contributed by atoms with Gasteiger partial charge >= 0.3 is 11.9 Å². The average molecular weight is 470 g/mol. The van der Waals surface area contributed by atoms with E-state index >= 15 is 0 Å². The molecule has 0 aromatic heterocycles. The zero-order valence-electron chi connectivity index (χ0n) is 18.0. The van der Waals surface area contributed by atoms with Crippen molar-refractivity contribution in [1.82, 2.24) is 9.62 Å². The lowest BCUT2D eigenvalue weighted by Crippen LogP contribution is -2.43. The van der Waals surface area contributed by atoms with E-state index in [1.165, 1.54) is 36.1 Å². The van der Waals surface area contributed by atoms with Gasteiger partial charge in [0.1, 0.15) is 6.54 Å². The first-order valence-electron chi connectivity index (χ1n) is 10.1. The van der Waals surface area contributed by atoms with Crippen LogP contribution in [0.25, 0.3) is 0 Å². The number of hydrogen-bond acceptors (Lipinski definition) is 8. The smallest absolute Gasteiger partial charge is 0.321 e. The number of ether oxygens (including phenoxy) is 2. The van der Waals surface area contributed by atoms with Crippen molar-refractivity contribution in [3.05, 3.63) is 24.3 Å². The molecule has 176 valence electrons. The number of carbonyl (C=O) groups is 4. The van der Waals surface area contributed by atoms with Gasteiger partial charge < -0.3 is 19.7 Å². The molecule has 1 saturated heterocycles. The largest absolute Gasteiger partial charge is 0.466 e. The second-order valence-electron chi connectivity index (χ2n) is 7.10. The maximum absolute atomic E-state index is 12.3. The van der Waals surface area contributed by atoms with Crippen LogP contribution in [-0.4, -0.2) is 69.9 Å². The highest BCUT2D eigenvalue weighted by Crippen LogP contribution is 2.19. The molecule has 12 heteroatoms. The quantitative estimate of drug-likeness (QED) is 0.490. The van der Waals surface area contributed by atoms with Gasteiger partial charge in [0, 0.05) is 25.7 Å². The number of nitrogens with one attached hydrogen (secondary N) is 2. The van der Waals surface area contributed by atoms with E-state index in [1.807, 2.05) is 0 Å². The maximum Gasteiger partial charge on any atom is 0.321 e. The molecule has 32 heavy (non-hydrogen) atoms. The number of rotatable bonds is 9. The van der Waals surface area contributed by atoms with E-state index < -0.39 is 35.1 Å². The number of likely N-dealkylation sites (tertiary alicyclic amines) is 1. The third kappa shape index (κ3) is 7.61. The molecule has 1 aromatic rings. The van der Waals surface area contributed by atoms with Crippen molar-refractivity contribution in [2.24, 2.45) is 5.92 Å².